The molecule has 0 radical (unpaired) electrons. The quantitative estimate of drug-likeness (QED) is 0.323. The minimum atomic E-state index is -1.16. The zero-order valence-corrected chi connectivity index (χ0v) is 24.6. The van der Waals surface area contributed by atoms with Crippen LogP contribution in [0.2, 0.25) is 0 Å². The first-order valence-corrected chi connectivity index (χ1v) is 13.6. The molecule has 234 valence electrons. The van der Waals surface area contributed by atoms with E-state index in [0.717, 1.165) is 0 Å². The number of hydrogen-bond donors (Lipinski definition) is 3. The number of amides is 2. The molecule has 0 aliphatic carbocycles. The van der Waals surface area contributed by atoms with E-state index in [4.69, 9.17) is 42.6 Å². The molecule has 4 rings (SSSR count). The zero-order valence-electron chi connectivity index (χ0n) is 24.6. The maximum Gasteiger partial charge on any atom is 0.407 e. The molecule has 0 aromatic carbocycles. The number of carboxylic acids is 1. The van der Waals surface area contributed by atoms with E-state index < -0.39 is 103 Å². The van der Waals surface area contributed by atoms with Gasteiger partial charge in [-0.25, -0.2) is 4.79 Å². The maximum atomic E-state index is 13.4. The van der Waals surface area contributed by atoms with Crippen LogP contribution < -0.4 is 10.6 Å². The third-order valence-corrected chi connectivity index (χ3v) is 7.09. The van der Waals surface area contributed by atoms with E-state index in [1.165, 1.54) is 14.2 Å². The fourth-order valence-electron chi connectivity index (χ4n) is 5.64. The molecule has 0 aromatic heterocycles. The topological polar surface area (TPSA) is 179 Å². The largest absolute Gasteiger partial charge is 0.481 e. The molecule has 4 fully saturated rings. The molecule has 11 unspecified atom stereocenters. The first-order valence-electron chi connectivity index (χ1n) is 13.6. The highest BCUT2D eigenvalue weighted by atomic mass is 16.8. The van der Waals surface area contributed by atoms with Crippen molar-refractivity contribution in [3.63, 3.8) is 0 Å². The summed E-state index contributed by atoms with van der Waals surface area (Å²) in [6, 6.07) is -1.97. The van der Waals surface area contributed by atoms with Crippen LogP contribution in [0.4, 0.5) is 4.79 Å². The number of nitrogens with one attached hydrogen (secondary N) is 2. The molecule has 15 nitrogen and oxygen atoms in total. The van der Waals surface area contributed by atoms with E-state index in [1.807, 2.05) is 0 Å². The molecular formula is C26H42N2O13. The summed E-state index contributed by atoms with van der Waals surface area (Å²) < 4.78 is 51.8. The van der Waals surface area contributed by atoms with Gasteiger partial charge in [-0.05, 0) is 41.5 Å². The number of rotatable bonds is 10. The van der Waals surface area contributed by atoms with E-state index in [0.29, 0.717) is 0 Å². The SMILES string of the molecule is COC1C(C(CC(=O)O)NC(=O)CC(NC(=O)OC(C)(C)C)C2OC3OC(C)(C)OC3C2OC)OC2OC(C)OC21. The van der Waals surface area contributed by atoms with Gasteiger partial charge >= 0.3 is 12.1 Å². The second-order valence-electron chi connectivity index (χ2n) is 12.0. The summed E-state index contributed by atoms with van der Waals surface area (Å²) >= 11 is 0. The normalized spacial score (nSPS) is 37.2. The molecule has 4 heterocycles. The van der Waals surface area contributed by atoms with Gasteiger partial charge in [-0.15, -0.1) is 0 Å². The number of carbonyl (C=O) groups is 3. The third-order valence-electron chi connectivity index (χ3n) is 7.09. The van der Waals surface area contributed by atoms with Crippen molar-refractivity contribution in [2.45, 2.75) is 133 Å². The van der Waals surface area contributed by atoms with Crippen molar-refractivity contribution in [2.24, 2.45) is 0 Å². The number of alkyl carbamates (subject to hydrolysis) is 1. The van der Waals surface area contributed by atoms with Crippen LogP contribution in [-0.4, -0.2) is 116 Å². The van der Waals surface area contributed by atoms with Gasteiger partial charge in [-0.1, -0.05) is 0 Å². The molecule has 0 spiro atoms. The average molecular weight is 591 g/mol. The van der Waals surface area contributed by atoms with E-state index in [1.54, 1.807) is 41.5 Å². The molecule has 41 heavy (non-hydrogen) atoms. The number of fused-ring (bicyclic) bond motifs is 2. The van der Waals surface area contributed by atoms with Crippen LogP contribution in [0.5, 0.6) is 0 Å². The summed E-state index contributed by atoms with van der Waals surface area (Å²) in [5.74, 6) is -2.65. The number of aliphatic carboxylic acids is 1. The van der Waals surface area contributed by atoms with Crippen LogP contribution in [0.1, 0.15) is 54.4 Å². The Kier molecular flexibility index (Phi) is 9.50. The summed E-state index contributed by atoms with van der Waals surface area (Å²) in [6.45, 7) is 10.3. The van der Waals surface area contributed by atoms with Gasteiger partial charge in [-0.3, -0.25) is 9.59 Å². The van der Waals surface area contributed by atoms with Crippen LogP contribution >= 0.6 is 0 Å². The zero-order chi connectivity index (χ0) is 30.3. The van der Waals surface area contributed by atoms with Gasteiger partial charge in [-0.2, -0.15) is 0 Å². The van der Waals surface area contributed by atoms with Crippen molar-refractivity contribution in [3.8, 4) is 0 Å². The van der Waals surface area contributed by atoms with Gasteiger partial charge in [0.1, 0.15) is 42.2 Å². The first kappa shape index (κ1) is 31.8. The van der Waals surface area contributed by atoms with E-state index in [-0.39, 0.29) is 6.42 Å². The van der Waals surface area contributed by atoms with Crippen molar-refractivity contribution in [1.82, 2.24) is 10.6 Å². The predicted octanol–water partition coefficient (Wildman–Crippen LogP) is 0.622. The monoisotopic (exact) mass is 590 g/mol. The number of hydrogen-bond acceptors (Lipinski definition) is 12. The second-order valence-corrected chi connectivity index (χ2v) is 12.0. The van der Waals surface area contributed by atoms with Crippen molar-refractivity contribution in [1.29, 1.82) is 0 Å². The number of ether oxygens (including phenoxy) is 9. The van der Waals surface area contributed by atoms with Crippen molar-refractivity contribution < 1.29 is 62.1 Å². The molecule has 11 atom stereocenters. The molecule has 4 aliphatic rings. The summed E-state index contributed by atoms with van der Waals surface area (Å²) in [4.78, 5) is 38.0. The third kappa shape index (κ3) is 7.46. The van der Waals surface area contributed by atoms with Gasteiger partial charge in [0.25, 0.3) is 0 Å². The lowest BCUT2D eigenvalue weighted by Gasteiger charge is -2.32. The lowest BCUT2D eigenvalue weighted by atomic mass is 9.98. The molecule has 0 saturated carbocycles. The molecule has 4 saturated heterocycles. The summed E-state index contributed by atoms with van der Waals surface area (Å²) in [6.07, 6.45) is -7.96. The Labute approximate surface area is 238 Å². The van der Waals surface area contributed by atoms with Crippen LogP contribution in [0.25, 0.3) is 0 Å². The second kappa shape index (κ2) is 12.2. The highest BCUT2D eigenvalue weighted by Crippen LogP contribution is 2.40. The van der Waals surface area contributed by atoms with Crippen LogP contribution in [0.15, 0.2) is 0 Å². The van der Waals surface area contributed by atoms with Gasteiger partial charge in [0.05, 0.1) is 18.5 Å². The van der Waals surface area contributed by atoms with Crippen LogP contribution in [0, 0.1) is 0 Å². The Morgan fingerprint density at radius 3 is 2.02 bits per heavy atom. The Balaban J connectivity index is 1.51. The summed E-state index contributed by atoms with van der Waals surface area (Å²) in [5, 5.41) is 15.0. The van der Waals surface area contributed by atoms with Crippen molar-refractivity contribution >= 4 is 18.0 Å². The van der Waals surface area contributed by atoms with Crippen LogP contribution in [-0.2, 0) is 52.2 Å². The first-order chi connectivity index (χ1) is 19.1. The van der Waals surface area contributed by atoms with Crippen LogP contribution in [0.3, 0.4) is 0 Å². The van der Waals surface area contributed by atoms with Gasteiger partial charge in [0.2, 0.25) is 5.91 Å². The van der Waals surface area contributed by atoms with Gasteiger partial charge in [0.15, 0.2) is 24.7 Å². The number of carbonyl (C=O) groups excluding carboxylic acids is 2. The molecule has 4 aliphatic heterocycles. The Morgan fingerprint density at radius 1 is 0.854 bits per heavy atom. The molecule has 0 bridgehead atoms. The fraction of sp³-hybridized carbons (Fsp3) is 0.885. The van der Waals surface area contributed by atoms with E-state index in [9.17, 15) is 19.5 Å². The molecule has 0 aromatic rings. The lowest BCUT2D eigenvalue weighted by molar-refractivity contribution is -0.220. The predicted molar refractivity (Wildman–Crippen MR) is 136 cm³/mol. The summed E-state index contributed by atoms with van der Waals surface area (Å²) in [7, 11) is 2.91. The maximum absolute atomic E-state index is 13.4. The van der Waals surface area contributed by atoms with Crippen molar-refractivity contribution in [2.75, 3.05) is 14.2 Å². The average Bonchev–Trinajstić information content (AvgIpc) is 3.52. The van der Waals surface area contributed by atoms with Gasteiger partial charge < -0.3 is 58.4 Å². The molecule has 3 N–H and O–H groups in total. The highest BCUT2D eigenvalue weighted by molar-refractivity contribution is 5.79. The standard InChI is InChI=1S/C26H42N2O13/c1-11-35-20-18(33-7)17(37-22(20)36-11)13(10-15(30)31)27-14(29)9-12(28-24(32)41-25(2,3)4)16-19(34-8)21-23(38-16)40-26(5,6)39-21/h11-13,16-23H,9-10H2,1-8H3,(H,27,29)(H,28,32)(H,30,31). The summed E-state index contributed by atoms with van der Waals surface area (Å²) in [5.41, 5.74) is -0.803. The minimum Gasteiger partial charge on any atom is -0.481 e. The fourth-order valence-corrected chi connectivity index (χ4v) is 5.64. The van der Waals surface area contributed by atoms with Crippen molar-refractivity contribution in [3.05, 3.63) is 0 Å². The van der Waals surface area contributed by atoms with E-state index >= 15 is 0 Å². The molecule has 15 heteroatoms. The number of methoxy groups -OCH3 is 2. The smallest absolute Gasteiger partial charge is 0.407 e. The van der Waals surface area contributed by atoms with E-state index in [2.05, 4.69) is 10.6 Å². The molecular weight excluding hydrogens is 548 g/mol. The Morgan fingerprint density at radius 2 is 1.44 bits per heavy atom. The Hall–Kier alpha value is -2.11. The minimum absolute atomic E-state index is 0.315. The lowest BCUT2D eigenvalue weighted by Crippen LogP contribution is -2.55. The number of carboxylic acid groups (broad SMARTS) is 1. The highest BCUT2D eigenvalue weighted by Gasteiger charge is 2.58. The Bertz CT molecular complexity index is 972. The molecule has 2 amide bonds. The van der Waals surface area contributed by atoms with Gasteiger partial charge in [0, 0.05) is 20.6 Å².